The predicted molar refractivity (Wildman–Crippen MR) is 48.4 cm³/mol. The summed E-state index contributed by atoms with van der Waals surface area (Å²) in [4.78, 5) is 0. The summed E-state index contributed by atoms with van der Waals surface area (Å²) < 4.78 is 10.1. The van der Waals surface area contributed by atoms with Gasteiger partial charge in [-0.1, -0.05) is 0 Å². The SMILES string of the molecule is OC1O[C@@H]([C@H]2CNC(=S)O2)[C@H](O)[C@H]1O. The van der Waals surface area contributed by atoms with Crippen molar-refractivity contribution in [1.29, 1.82) is 0 Å². The Labute approximate surface area is 85.4 Å². The van der Waals surface area contributed by atoms with Crippen LogP contribution in [0.5, 0.6) is 0 Å². The van der Waals surface area contributed by atoms with Gasteiger partial charge in [-0.2, -0.15) is 0 Å². The van der Waals surface area contributed by atoms with E-state index in [4.69, 9.17) is 26.8 Å². The number of hydrogen-bond acceptors (Lipinski definition) is 6. The first-order chi connectivity index (χ1) is 6.59. The van der Waals surface area contributed by atoms with E-state index in [1.54, 1.807) is 0 Å². The number of aliphatic hydroxyl groups is 3. The molecule has 0 aromatic rings. The smallest absolute Gasteiger partial charge is 0.257 e. The highest BCUT2D eigenvalue weighted by molar-refractivity contribution is 7.80. The number of nitrogens with one attached hydrogen (secondary N) is 1. The lowest BCUT2D eigenvalue weighted by atomic mass is 10.1. The molecule has 0 aromatic carbocycles. The molecule has 6 nitrogen and oxygen atoms in total. The number of ether oxygens (including phenoxy) is 2. The molecule has 2 rings (SSSR count). The molecule has 2 saturated heterocycles. The largest absolute Gasteiger partial charge is 0.463 e. The summed E-state index contributed by atoms with van der Waals surface area (Å²) in [5.74, 6) is 0. The number of thiocarbonyl (C=S) groups is 1. The van der Waals surface area contributed by atoms with E-state index in [1.165, 1.54) is 0 Å². The Bertz CT molecular complexity index is 250. The molecule has 5 atom stereocenters. The van der Waals surface area contributed by atoms with Gasteiger partial charge in [0.05, 0.1) is 6.54 Å². The number of hydrogen-bond donors (Lipinski definition) is 4. The van der Waals surface area contributed by atoms with Crippen molar-refractivity contribution in [2.75, 3.05) is 6.54 Å². The molecule has 2 aliphatic rings. The molecule has 14 heavy (non-hydrogen) atoms. The van der Waals surface area contributed by atoms with Crippen LogP contribution in [0.25, 0.3) is 0 Å². The van der Waals surface area contributed by atoms with Crippen LogP contribution in [0.2, 0.25) is 0 Å². The second-order valence-corrected chi connectivity index (χ2v) is 3.67. The summed E-state index contributed by atoms with van der Waals surface area (Å²) in [6.45, 7) is 0.403. The molecule has 0 amide bonds. The third-order valence-corrected chi connectivity index (χ3v) is 2.59. The summed E-state index contributed by atoms with van der Waals surface area (Å²) in [6.07, 6.45) is -5.04. The van der Waals surface area contributed by atoms with Gasteiger partial charge in [0.15, 0.2) is 6.29 Å². The Morgan fingerprint density at radius 2 is 2.00 bits per heavy atom. The van der Waals surface area contributed by atoms with Crippen LogP contribution < -0.4 is 5.32 Å². The van der Waals surface area contributed by atoms with Crippen LogP contribution in [0.1, 0.15) is 0 Å². The van der Waals surface area contributed by atoms with Gasteiger partial charge < -0.3 is 30.1 Å². The van der Waals surface area contributed by atoms with E-state index in [0.717, 1.165) is 0 Å². The maximum Gasteiger partial charge on any atom is 0.257 e. The van der Waals surface area contributed by atoms with Crippen molar-refractivity contribution in [2.24, 2.45) is 0 Å². The van der Waals surface area contributed by atoms with Crippen molar-refractivity contribution in [3.8, 4) is 0 Å². The maximum absolute atomic E-state index is 9.49. The van der Waals surface area contributed by atoms with E-state index in [-0.39, 0.29) is 5.17 Å². The van der Waals surface area contributed by atoms with Gasteiger partial charge >= 0.3 is 0 Å². The lowest BCUT2D eigenvalue weighted by molar-refractivity contribution is -0.140. The summed E-state index contributed by atoms with van der Waals surface area (Å²) in [5.41, 5.74) is 0. The van der Waals surface area contributed by atoms with Gasteiger partial charge in [0.2, 0.25) is 0 Å². The van der Waals surface area contributed by atoms with Gasteiger partial charge in [-0.3, -0.25) is 0 Å². The molecule has 4 N–H and O–H groups in total. The molecule has 0 radical (unpaired) electrons. The van der Waals surface area contributed by atoms with E-state index in [0.29, 0.717) is 6.54 Å². The van der Waals surface area contributed by atoms with Crippen LogP contribution >= 0.6 is 12.2 Å². The van der Waals surface area contributed by atoms with Gasteiger partial charge in [-0.05, 0) is 12.2 Å². The zero-order valence-corrected chi connectivity index (χ0v) is 7.98. The van der Waals surface area contributed by atoms with Crippen LogP contribution in [0.15, 0.2) is 0 Å². The van der Waals surface area contributed by atoms with Gasteiger partial charge in [-0.25, -0.2) is 0 Å². The van der Waals surface area contributed by atoms with Crippen LogP contribution in [0.4, 0.5) is 0 Å². The molecule has 2 fully saturated rings. The van der Waals surface area contributed by atoms with Crippen molar-refractivity contribution >= 4 is 17.4 Å². The van der Waals surface area contributed by atoms with E-state index < -0.39 is 30.7 Å². The summed E-state index contributed by atoms with van der Waals surface area (Å²) in [6, 6.07) is 0. The van der Waals surface area contributed by atoms with Crippen LogP contribution in [0, 0.1) is 0 Å². The van der Waals surface area contributed by atoms with Crippen LogP contribution in [0.3, 0.4) is 0 Å². The molecule has 80 valence electrons. The molecule has 2 aliphatic heterocycles. The highest BCUT2D eigenvalue weighted by Crippen LogP contribution is 2.24. The highest BCUT2D eigenvalue weighted by Gasteiger charge is 2.47. The zero-order valence-electron chi connectivity index (χ0n) is 7.16. The first kappa shape index (κ1) is 10.1. The molecule has 0 saturated carbocycles. The Balaban J connectivity index is 2.02. The first-order valence-corrected chi connectivity index (χ1v) is 4.64. The van der Waals surface area contributed by atoms with Gasteiger partial charge in [0.1, 0.15) is 24.4 Å². The fourth-order valence-corrected chi connectivity index (χ4v) is 1.79. The lowest BCUT2D eigenvalue weighted by Gasteiger charge is -2.19. The average molecular weight is 221 g/mol. The predicted octanol–water partition coefficient (Wildman–Crippen LogP) is -2.30. The maximum atomic E-state index is 9.49. The van der Waals surface area contributed by atoms with Crippen LogP contribution in [-0.4, -0.2) is 57.7 Å². The minimum absolute atomic E-state index is 0.238. The minimum atomic E-state index is -1.37. The standard InChI is InChI=1S/C7H11NO5S/c9-3-4(10)6(11)13-5(3)2-1-8-7(14)12-2/h2-6,9-11H,1H2,(H,8,14)/t2-,3-,4-,5+,6?/m1/s1. The molecule has 0 aliphatic carbocycles. The summed E-state index contributed by atoms with van der Waals surface area (Å²) >= 11 is 4.73. The van der Waals surface area contributed by atoms with E-state index >= 15 is 0 Å². The Hall–Kier alpha value is -0.470. The molecule has 2 heterocycles. The summed E-state index contributed by atoms with van der Waals surface area (Å²) in [5, 5.41) is 30.8. The second kappa shape index (κ2) is 3.59. The van der Waals surface area contributed by atoms with E-state index in [1.807, 2.05) is 0 Å². The van der Waals surface area contributed by atoms with Crippen molar-refractivity contribution in [3.63, 3.8) is 0 Å². The van der Waals surface area contributed by atoms with Crippen LogP contribution in [-0.2, 0) is 9.47 Å². The number of aliphatic hydroxyl groups excluding tert-OH is 3. The van der Waals surface area contributed by atoms with Gasteiger partial charge in [0, 0.05) is 0 Å². The molecular formula is C7H11NO5S. The average Bonchev–Trinajstić information content (AvgIpc) is 2.66. The lowest BCUT2D eigenvalue weighted by Crippen LogP contribution is -2.40. The minimum Gasteiger partial charge on any atom is -0.463 e. The topological polar surface area (TPSA) is 91.2 Å². The Morgan fingerprint density at radius 3 is 2.43 bits per heavy atom. The molecular weight excluding hydrogens is 210 g/mol. The van der Waals surface area contributed by atoms with Crippen molar-refractivity contribution in [3.05, 3.63) is 0 Å². The Morgan fingerprint density at radius 1 is 1.29 bits per heavy atom. The third kappa shape index (κ3) is 1.57. The van der Waals surface area contributed by atoms with Gasteiger partial charge in [-0.15, -0.1) is 0 Å². The fraction of sp³-hybridized carbons (Fsp3) is 0.857. The van der Waals surface area contributed by atoms with Crippen molar-refractivity contribution < 1.29 is 24.8 Å². The summed E-state index contributed by atoms with van der Waals surface area (Å²) in [7, 11) is 0. The normalized spacial score (nSPS) is 47.6. The molecule has 0 aromatic heterocycles. The van der Waals surface area contributed by atoms with E-state index in [9.17, 15) is 10.2 Å². The van der Waals surface area contributed by atoms with E-state index in [2.05, 4.69) is 5.32 Å². The molecule has 0 bridgehead atoms. The highest BCUT2D eigenvalue weighted by atomic mass is 32.1. The molecule has 1 unspecified atom stereocenters. The fourth-order valence-electron chi connectivity index (χ4n) is 1.58. The van der Waals surface area contributed by atoms with Crippen molar-refractivity contribution in [2.45, 2.75) is 30.7 Å². The zero-order chi connectivity index (χ0) is 10.3. The molecule has 0 spiro atoms. The van der Waals surface area contributed by atoms with Crippen molar-refractivity contribution in [1.82, 2.24) is 5.32 Å². The second-order valence-electron chi connectivity index (χ2n) is 3.30. The third-order valence-electron chi connectivity index (χ3n) is 2.35. The first-order valence-electron chi connectivity index (χ1n) is 4.24. The Kier molecular flexibility index (Phi) is 2.58. The van der Waals surface area contributed by atoms with Gasteiger partial charge in [0.25, 0.3) is 5.17 Å². The monoisotopic (exact) mass is 221 g/mol. The number of rotatable bonds is 1. The quantitative estimate of drug-likeness (QED) is 0.370. The molecule has 7 heteroatoms.